The van der Waals surface area contributed by atoms with Crippen LogP contribution in [-0.2, 0) is 6.18 Å². The van der Waals surface area contributed by atoms with Crippen molar-refractivity contribution >= 4 is 34.6 Å². The number of hydrogen-bond acceptors (Lipinski definition) is 7. The van der Waals surface area contributed by atoms with Gasteiger partial charge in [0.25, 0.3) is 5.91 Å². The summed E-state index contributed by atoms with van der Waals surface area (Å²) in [5, 5.41) is 13.1. The van der Waals surface area contributed by atoms with Crippen LogP contribution in [0.3, 0.4) is 0 Å². The van der Waals surface area contributed by atoms with Crippen molar-refractivity contribution in [3.8, 4) is 0 Å². The Hall–Kier alpha value is -2.76. The van der Waals surface area contributed by atoms with E-state index in [2.05, 4.69) is 15.3 Å². The summed E-state index contributed by atoms with van der Waals surface area (Å²) in [5.41, 5.74) is 3.68. The van der Waals surface area contributed by atoms with Gasteiger partial charge in [0, 0.05) is 12.0 Å². The third-order valence-corrected chi connectivity index (χ3v) is 4.60. The SMILES string of the molecule is Nc1nc(NC(=O)c2sc(C3CC3)nc2C(F)(F)F)ccc1[N+](=O)[O-]. The number of amides is 1. The van der Waals surface area contributed by atoms with Gasteiger partial charge in [-0.05, 0) is 18.9 Å². The minimum Gasteiger partial charge on any atom is -0.378 e. The first-order chi connectivity index (χ1) is 11.7. The molecular formula is C13H10F3N5O3S. The van der Waals surface area contributed by atoms with Crippen molar-refractivity contribution in [3.63, 3.8) is 0 Å². The molecular weight excluding hydrogens is 363 g/mol. The Labute approximate surface area is 142 Å². The van der Waals surface area contributed by atoms with E-state index in [4.69, 9.17) is 5.73 Å². The number of nitrogens with zero attached hydrogens (tertiary/aromatic N) is 3. The van der Waals surface area contributed by atoms with Crippen LogP contribution in [0.4, 0.5) is 30.5 Å². The summed E-state index contributed by atoms with van der Waals surface area (Å²) in [5.74, 6) is -1.73. The highest BCUT2D eigenvalue weighted by Gasteiger charge is 2.41. The van der Waals surface area contributed by atoms with E-state index >= 15 is 0 Å². The van der Waals surface area contributed by atoms with E-state index in [1.54, 1.807) is 0 Å². The number of nitrogens with one attached hydrogen (secondary N) is 1. The van der Waals surface area contributed by atoms with Crippen LogP contribution in [0.5, 0.6) is 0 Å². The lowest BCUT2D eigenvalue weighted by Crippen LogP contribution is -2.18. The molecule has 0 aliphatic heterocycles. The lowest BCUT2D eigenvalue weighted by molar-refractivity contribution is -0.384. The van der Waals surface area contributed by atoms with Gasteiger partial charge in [-0.1, -0.05) is 0 Å². The standard InChI is InChI=1S/C13H10F3N5O3S/c14-13(15,16)9-8(25-12(20-9)5-1-2-5)11(22)19-7-4-3-6(21(23)24)10(17)18-7/h3-5H,1-2H2,(H3,17,18,19,22). The number of aromatic nitrogens is 2. The number of hydrogen-bond donors (Lipinski definition) is 2. The number of nitro groups is 1. The number of thiazole rings is 1. The van der Waals surface area contributed by atoms with Crippen molar-refractivity contribution in [2.24, 2.45) is 0 Å². The second-order valence-corrected chi connectivity index (χ2v) is 6.34. The summed E-state index contributed by atoms with van der Waals surface area (Å²) in [4.78, 5) is 28.7. The zero-order valence-corrected chi connectivity index (χ0v) is 13.1. The molecule has 0 radical (unpaired) electrons. The number of halogens is 3. The Kier molecular flexibility index (Phi) is 4.06. The number of anilines is 2. The summed E-state index contributed by atoms with van der Waals surface area (Å²) in [6.07, 6.45) is -3.28. The maximum Gasteiger partial charge on any atom is 0.435 e. The van der Waals surface area contributed by atoms with Crippen LogP contribution in [0, 0.1) is 10.1 Å². The predicted molar refractivity (Wildman–Crippen MR) is 82.3 cm³/mol. The molecule has 12 heteroatoms. The smallest absolute Gasteiger partial charge is 0.378 e. The van der Waals surface area contributed by atoms with Crippen molar-refractivity contribution in [3.05, 3.63) is 37.8 Å². The normalized spacial score (nSPS) is 14.4. The predicted octanol–water partition coefficient (Wildman–Crippen LogP) is 3.18. The Balaban J connectivity index is 1.88. The lowest BCUT2D eigenvalue weighted by Gasteiger charge is -2.07. The van der Waals surface area contributed by atoms with Gasteiger partial charge in [-0.2, -0.15) is 13.2 Å². The van der Waals surface area contributed by atoms with Crippen molar-refractivity contribution in [2.75, 3.05) is 11.1 Å². The van der Waals surface area contributed by atoms with Gasteiger partial charge in [-0.25, -0.2) is 9.97 Å². The maximum absolute atomic E-state index is 13.1. The molecule has 0 atom stereocenters. The molecule has 0 aromatic carbocycles. The molecule has 3 rings (SSSR count). The molecule has 3 N–H and O–H groups in total. The zero-order chi connectivity index (χ0) is 18.4. The number of nitrogen functional groups attached to an aromatic ring is 1. The quantitative estimate of drug-likeness (QED) is 0.626. The summed E-state index contributed by atoms with van der Waals surface area (Å²) in [7, 11) is 0. The highest BCUT2D eigenvalue weighted by atomic mass is 32.1. The van der Waals surface area contributed by atoms with Gasteiger partial charge >= 0.3 is 11.9 Å². The van der Waals surface area contributed by atoms with E-state index in [1.807, 2.05) is 0 Å². The number of pyridine rings is 1. The lowest BCUT2D eigenvalue weighted by atomic mass is 10.3. The van der Waals surface area contributed by atoms with E-state index in [0.29, 0.717) is 11.3 Å². The summed E-state index contributed by atoms with van der Waals surface area (Å²) in [6.45, 7) is 0. The molecule has 0 bridgehead atoms. The fourth-order valence-electron chi connectivity index (χ4n) is 2.05. The number of nitrogens with two attached hydrogens (primary N) is 1. The molecule has 1 saturated carbocycles. The second kappa shape index (κ2) is 5.95. The Bertz CT molecular complexity index is 863. The summed E-state index contributed by atoms with van der Waals surface area (Å²) >= 11 is 0.686. The Morgan fingerprint density at radius 3 is 2.56 bits per heavy atom. The molecule has 1 fully saturated rings. The largest absolute Gasteiger partial charge is 0.435 e. The number of carbonyl (C=O) groups is 1. The minimum absolute atomic E-state index is 0.0409. The highest BCUT2D eigenvalue weighted by molar-refractivity contribution is 7.14. The van der Waals surface area contributed by atoms with Gasteiger partial charge in [0.05, 0.1) is 9.93 Å². The first-order valence-electron chi connectivity index (χ1n) is 6.97. The Morgan fingerprint density at radius 1 is 1.36 bits per heavy atom. The highest BCUT2D eigenvalue weighted by Crippen LogP contribution is 2.45. The first kappa shape index (κ1) is 17.1. The van der Waals surface area contributed by atoms with E-state index in [0.717, 1.165) is 25.0 Å². The van der Waals surface area contributed by atoms with Crippen LogP contribution >= 0.6 is 11.3 Å². The molecule has 0 spiro atoms. The van der Waals surface area contributed by atoms with E-state index < -0.39 is 39.1 Å². The zero-order valence-electron chi connectivity index (χ0n) is 12.3. The number of alkyl halides is 3. The maximum atomic E-state index is 13.1. The van der Waals surface area contributed by atoms with Crippen LogP contribution in [0.15, 0.2) is 12.1 Å². The number of rotatable bonds is 4. The van der Waals surface area contributed by atoms with Crippen molar-refractivity contribution in [1.29, 1.82) is 0 Å². The topological polar surface area (TPSA) is 124 Å². The van der Waals surface area contributed by atoms with Gasteiger partial charge in [0.15, 0.2) is 5.69 Å². The van der Waals surface area contributed by atoms with Gasteiger partial charge in [-0.3, -0.25) is 14.9 Å². The van der Waals surface area contributed by atoms with Crippen LogP contribution in [0.25, 0.3) is 0 Å². The molecule has 2 heterocycles. The van der Waals surface area contributed by atoms with Gasteiger partial charge < -0.3 is 11.1 Å². The fourth-order valence-corrected chi connectivity index (χ4v) is 3.20. The number of carbonyl (C=O) groups excluding carboxylic acids is 1. The molecule has 25 heavy (non-hydrogen) atoms. The average Bonchev–Trinajstić information content (AvgIpc) is 3.23. The third-order valence-electron chi connectivity index (χ3n) is 3.39. The monoisotopic (exact) mass is 373 g/mol. The molecule has 1 aliphatic rings. The molecule has 1 aliphatic carbocycles. The van der Waals surface area contributed by atoms with Gasteiger partial charge in [-0.15, -0.1) is 11.3 Å². The molecule has 2 aromatic heterocycles. The molecule has 0 saturated heterocycles. The van der Waals surface area contributed by atoms with Crippen molar-refractivity contribution in [1.82, 2.24) is 9.97 Å². The first-order valence-corrected chi connectivity index (χ1v) is 7.78. The van der Waals surface area contributed by atoms with Gasteiger partial charge in [0.2, 0.25) is 5.82 Å². The van der Waals surface area contributed by atoms with Crippen molar-refractivity contribution < 1.29 is 22.9 Å². The second-order valence-electron chi connectivity index (χ2n) is 5.31. The van der Waals surface area contributed by atoms with Gasteiger partial charge in [0.1, 0.15) is 10.7 Å². The molecule has 8 nitrogen and oxygen atoms in total. The van der Waals surface area contributed by atoms with E-state index in [-0.39, 0.29) is 16.7 Å². The molecule has 0 unspecified atom stereocenters. The molecule has 132 valence electrons. The summed E-state index contributed by atoms with van der Waals surface area (Å²) < 4.78 is 39.3. The van der Waals surface area contributed by atoms with Crippen LogP contribution in [-0.4, -0.2) is 20.8 Å². The van der Waals surface area contributed by atoms with Crippen LogP contribution < -0.4 is 11.1 Å². The molecule has 2 aromatic rings. The van der Waals surface area contributed by atoms with Crippen LogP contribution in [0.2, 0.25) is 0 Å². The average molecular weight is 373 g/mol. The Morgan fingerprint density at radius 2 is 2.04 bits per heavy atom. The van der Waals surface area contributed by atoms with E-state index in [9.17, 15) is 28.1 Å². The van der Waals surface area contributed by atoms with Crippen LogP contribution in [0.1, 0.15) is 39.1 Å². The third kappa shape index (κ3) is 3.52. The van der Waals surface area contributed by atoms with E-state index in [1.165, 1.54) is 0 Å². The fraction of sp³-hybridized carbons (Fsp3) is 0.308. The van der Waals surface area contributed by atoms with Crippen molar-refractivity contribution in [2.45, 2.75) is 24.9 Å². The minimum atomic E-state index is -4.77. The molecule has 1 amide bonds. The summed E-state index contributed by atoms with van der Waals surface area (Å²) in [6, 6.07) is 2.09.